The third-order valence-corrected chi connectivity index (χ3v) is 6.94. The fourth-order valence-electron chi connectivity index (χ4n) is 5.00. The summed E-state index contributed by atoms with van der Waals surface area (Å²) in [7, 11) is 0. The lowest BCUT2D eigenvalue weighted by molar-refractivity contribution is 0.0751. The van der Waals surface area contributed by atoms with Crippen molar-refractivity contribution in [1.29, 1.82) is 0 Å². The molecular formula is C32H41N3O3. The first-order valence-corrected chi connectivity index (χ1v) is 13.6. The van der Waals surface area contributed by atoms with E-state index >= 15 is 0 Å². The van der Waals surface area contributed by atoms with Crippen LogP contribution in [0.1, 0.15) is 75.6 Å². The summed E-state index contributed by atoms with van der Waals surface area (Å²) in [4.78, 5) is 28.3. The Morgan fingerprint density at radius 2 is 1.53 bits per heavy atom. The standard InChI is InChI=1S/C32H41N3O3/c1-4-18-35(19-5-2)32(38)27-17-11-16-26(31(33)37)30(27)28(20-24-13-7-6-8-14-24)29(36)22-34-21-25-15-10-9-12-23(25)3/h6-17,28-29,34,36H,4-5,18-22H2,1-3H3,(H2,33,37)/t28-,29+/m1/s1. The van der Waals surface area contributed by atoms with E-state index in [0.717, 1.165) is 24.0 Å². The fourth-order valence-corrected chi connectivity index (χ4v) is 5.00. The van der Waals surface area contributed by atoms with E-state index in [1.54, 1.807) is 18.2 Å². The van der Waals surface area contributed by atoms with Crippen LogP contribution in [0.3, 0.4) is 0 Å². The summed E-state index contributed by atoms with van der Waals surface area (Å²) in [6, 6.07) is 23.1. The van der Waals surface area contributed by atoms with Crippen molar-refractivity contribution in [3.63, 3.8) is 0 Å². The lowest BCUT2D eigenvalue weighted by atomic mass is 9.81. The zero-order valence-electron chi connectivity index (χ0n) is 22.8. The lowest BCUT2D eigenvalue weighted by Crippen LogP contribution is -2.37. The van der Waals surface area contributed by atoms with Gasteiger partial charge in [-0.05, 0) is 60.6 Å². The molecule has 6 nitrogen and oxygen atoms in total. The van der Waals surface area contributed by atoms with Crippen molar-refractivity contribution in [3.8, 4) is 0 Å². The van der Waals surface area contributed by atoms with Crippen LogP contribution in [0.2, 0.25) is 0 Å². The van der Waals surface area contributed by atoms with Gasteiger partial charge >= 0.3 is 0 Å². The summed E-state index contributed by atoms with van der Waals surface area (Å²) in [5.41, 5.74) is 10.4. The van der Waals surface area contributed by atoms with Crippen molar-refractivity contribution in [2.75, 3.05) is 19.6 Å². The first kappa shape index (κ1) is 29.1. The van der Waals surface area contributed by atoms with Gasteiger partial charge in [0.1, 0.15) is 0 Å². The van der Waals surface area contributed by atoms with Crippen LogP contribution in [0.15, 0.2) is 72.8 Å². The number of aryl methyl sites for hydroxylation is 1. The molecule has 0 saturated heterocycles. The maximum Gasteiger partial charge on any atom is 0.254 e. The summed E-state index contributed by atoms with van der Waals surface area (Å²) < 4.78 is 0. The molecule has 202 valence electrons. The van der Waals surface area contributed by atoms with Crippen molar-refractivity contribution < 1.29 is 14.7 Å². The number of nitrogens with two attached hydrogens (primary N) is 1. The van der Waals surface area contributed by atoms with Crippen LogP contribution < -0.4 is 11.1 Å². The number of primary amides is 1. The zero-order chi connectivity index (χ0) is 27.5. The molecule has 0 bridgehead atoms. The van der Waals surface area contributed by atoms with Gasteiger partial charge in [0.05, 0.1) is 6.10 Å². The van der Waals surface area contributed by atoms with Crippen molar-refractivity contribution in [2.24, 2.45) is 5.73 Å². The first-order valence-electron chi connectivity index (χ1n) is 13.6. The van der Waals surface area contributed by atoms with Gasteiger partial charge in [0.2, 0.25) is 5.91 Å². The van der Waals surface area contributed by atoms with Crippen LogP contribution in [-0.2, 0) is 13.0 Å². The highest BCUT2D eigenvalue weighted by molar-refractivity contribution is 6.02. The molecule has 0 radical (unpaired) electrons. The van der Waals surface area contributed by atoms with Gasteiger partial charge in [-0.3, -0.25) is 9.59 Å². The molecule has 0 aromatic heterocycles. The van der Waals surface area contributed by atoms with E-state index in [1.807, 2.05) is 61.2 Å². The third kappa shape index (κ3) is 7.53. The van der Waals surface area contributed by atoms with E-state index in [2.05, 4.69) is 24.4 Å². The highest BCUT2D eigenvalue weighted by Gasteiger charge is 2.31. The molecule has 3 aromatic rings. The van der Waals surface area contributed by atoms with Crippen LogP contribution >= 0.6 is 0 Å². The molecule has 0 unspecified atom stereocenters. The van der Waals surface area contributed by atoms with Crippen LogP contribution in [0.5, 0.6) is 0 Å². The van der Waals surface area contributed by atoms with Crippen LogP contribution in [-0.4, -0.2) is 47.6 Å². The molecule has 0 heterocycles. The second kappa shape index (κ2) is 14.5. The number of amides is 2. The van der Waals surface area contributed by atoms with E-state index in [9.17, 15) is 14.7 Å². The van der Waals surface area contributed by atoms with Gasteiger partial charge in [0.25, 0.3) is 5.91 Å². The van der Waals surface area contributed by atoms with E-state index in [-0.39, 0.29) is 11.5 Å². The Balaban J connectivity index is 2.02. The second-order valence-corrected chi connectivity index (χ2v) is 9.84. The molecule has 0 aliphatic carbocycles. The van der Waals surface area contributed by atoms with E-state index in [4.69, 9.17) is 5.73 Å². The van der Waals surface area contributed by atoms with E-state index < -0.39 is 17.9 Å². The van der Waals surface area contributed by atoms with Crippen LogP contribution in [0, 0.1) is 6.92 Å². The van der Waals surface area contributed by atoms with Crippen molar-refractivity contribution in [3.05, 3.63) is 106 Å². The van der Waals surface area contributed by atoms with E-state index in [1.165, 1.54) is 5.56 Å². The number of hydrogen-bond donors (Lipinski definition) is 3. The number of benzene rings is 3. The number of hydrogen-bond acceptors (Lipinski definition) is 4. The molecule has 2 atom stereocenters. The molecule has 3 rings (SSSR count). The van der Waals surface area contributed by atoms with Crippen molar-refractivity contribution in [2.45, 2.75) is 58.6 Å². The second-order valence-electron chi connectivity index (χ2n) is 9.84. The Morgan fingerprint density at radius 1 is 0.895 bits per heavy atom. The molecule has 4 N–H and O–H groups in total. The predicted octanol–water partition coefficient (Wildman–Crippen LogP) is 4.83. The van der Waals surface area contributed by atoms with Crippen molar-refractivity contribution >= 4 is 11.8 Å². The number of nitrogens with one attached hydrogen (secondary N) is 1. The van der Waals surface area contributed by atoms with Crippen LogP contribution in [0.25, 0.3) is 0 Å². The Hall–Kier alpha value is -3.48. The third-order valence-electron chi connectivity index (χ3n) is 6.94. The highest BCUT2D eigenvalue weighted by Crippen LogP contribution is 2.32. The minimum absolute atomic E-state index is 0.134. The molecule has 2 amide bonds. The lowest BCUT2D eigenvalue weighted by Gasteiger charge is -2.30. The number of aliphatic hydroxyl groups is 1. The summed E-state index contributed by atoms with van der Waals surface area (Å²) >= 11 is 0. The molecule has 6 heteroatoms. The number of aliphatic hydroxyl groups excluding tert-OH is 1. The summed E-state index contributed by atoms with van der Waals surface area (Å²) in [6.07, 6.45) is 1.25. The minimum Gasteiger partial charge on any atom is -0.391 e. The van der Waals surface area contributed by atoms with Gasteiger partial charge in [0.15, 0.2) is 0 Å². The number of nitrogens with zero attached hydrogens (tertiary/aromatic N) is 1. The molecule has 0 saturated carbocycles. The minimum atomic E-state index is -0.864. The summed E-state index contributed by atoms with van der Waals surface area (Å²) in [6.45, 7) is 8.28. The molecular weight excluding hydrogens is 474 g/mol. The predicted molar refractivity (Wildman–Crippen MR) is 153 cm³/mol. The molecule has 0 spiro atoms. The van der Waals surface area contributed by atoms with Gasteiger partial charge in [-0.2, -0.15) is 0 Å². The SMILES string of the molecule is CCCN(CCC)C(=O)c1cccc(C(N)=O)c1[C@H](Cc1ccccc1)[C@@H](O)CNCc1ccccc1C. The topological polar surface area (TPSA) is 95.7 Å². The maximum absolute atomic E-state index is 13.8. The van der Waals surface area contributed by atoms with Gasteiger partial charge in [0, 0.05) is 43.2 Å². The van der Waals surface area contributed by atoms with Crippen LogP contribution in [0.4, 0.5) is 0 Å². The monoisotopic (exact) mass is 515 g/mol. The van der Waals surface area contributed by atoms with Crippen molar-refractivity contribution in [1.82, 2.24) is 10.2 Å². The Kier molecular flexibility index (Phi) is 11.1. The Bertz CT molecular complexity index is 1190. The number of carbonyl (C=O) groups is 2. The van der Waals surface area contributed by atoms with Gasteiger partial charge in [-0.1, -0.05) is 74.5 Å². The summed E-state index contributed by atoms with van der Waals surface area (Å²) in [5, 5.41) is 15.0. The number of carbonyl (C=O) groups excluding carboxylic acids is 2. The quantitative estimate of drug-likeness (QED) is 0.286. The highest BCUT2D eigenvalue weighted by atomic mass is 16.3. The largest absolute Gasteiger partial charge is 0.391 e. The normalized spacial score (nSPS) is 12.6. The fraction of sp³-hybridized carbons (Fsp3) is 0.375. The summed E-state index contributed by atoms with van der Waals surface area (Å²) in [5.74, 6) is -1.26. The average Bonchev–Trinajstić information content (AvgIpc) is 2.92. The molecule has 0 fully saturated rings. The van der Waals surface area contributed by atoms with E-state index in [0.29, 0.717) is 43.7 Å². The Morgan fingerprint density at radius 3 is 2.16 bits per heavy atom. The molecule has 0 aliphatic heterocycles. The average molecular weight is 516 g/mol. The van der Waals surface area contributed by atoms with Gasteiger partial charge in [-0.15, -0.1) is 0 Å². The van der Waals surface area contributed by atoms with Gasteiger partial charge < -0.3 is 21.1 Å². The molecule has 3 aromatic carbocycles. The smallest absolute Gasteiger partial charge is 0.254 e. The Labute approximate surface area is 226 Å². The van der Waals surface area contributed by atoms with Gasteiger partial charge in [-0.25, -0.2) is 0 Å². The molecule has 38 heavy (non-hydrogen) atoms. The zero-order valence-corrected chi connectivity index (χ0v) is 22.8. The molecule has 0 aliphatic rings. The number of rotatable bonds is 14. The first-order chi connectivity index (χ1) is 18.4. The maximum atomic E-state index is 13.8.